The number of aromatic nitrogens is 2. The molecule has 0 bridgehead atoms. The van der Waals surface area contributed by atoms with Crippen LogP contribution in [0, 0.1) is 0 Å². The van der Waals surface area contributed by atoms with Crippen molar-refractivity contribution in [1.29, 1.82) is 0 Å². The van der Waals surface area contributed by atoms with Gasteiger partial charge in [0.05, 0.1) is 5.75 Å². The summed E-state index contributed by atoms with van der Waals surface area (Å²) in [5.74, 6) is 0.979. The van der Waals surface area contributed by atoms with Crippen molar-refractivity contribution in [2.45, 2.75) is 37.5 Å². The molecule has 0 saturated heterocycles. The van der Waals surface area contributed by atoms with Crippen molar-refractivity contribution in [3.63, 3.8) is 0 Å². The van der Waals surface area contributed by atoms with Crippen LogP contribution in [0.4, 0.5) is 0 Å². The molecule has 1 atom stereocenters. The Hall–Kier alpha value is -1.57. The molecule has 0 radical (unpaired) electrons. The van der Waals surface area contributed by atoms with Gasteiger partial charge in [0.15, 0.2) is 5.82 Å². The van der Waals surface area contributed by atoms with Crippen LogP contribution in [0.15, 0.2) is 4.52 Å². The van der Waals surface area contributed by atoms with Crippen molar-refractivity contribution in [1.82, 2.24) is 15.5 Å². The highest BCUT2D eigenvalue weighted by Crippen LogP contribution is 2.38. The lowest BCUT2D eigenvalue weighted by Crippen LogP contribution is -2.41. The first kappa shape index (κ1) is 13.9. The number of hydrogen-bond acceptors (Lipinski definition) is 6. The zero-order valence-corrected chi connectivity index (χ0v) is 11.3. The van der Waals surface area contributed by atoms with Gasteiger partial charge in [0, 0.05) is 18.6 Å². The lowest BCUT2D eigenvalue weighted by Gasteiger charge is -2.11. The number of aliphatic carboxylic acids is 1. The van der Waals surface area contributed by atoms with Gasteiger partial charge >= 0.3 is 5.97 Å². The second-order valence-corrected chi connectivity index (χ2v) is 5.46. The van der Waals surface area contributed by atoms with Crippen LogP contribution in [0.5, 0.6) is 0 Å². The minimum Gasteiger partial charge on any atom is -0.480 e. The van der Waals surface area contributed by atoms with E-state index in [2.05, 4.69) is 15.5 Å². The quantitative estimate of drug-likeness (QED) is 0.762. The average Bonchev–Trinajstić information content (AvgIpc) is 3.08. The predicted octanol–water partition coefficient (Wildman–Crippen LogP) is 0.770. The van der Waals surface area contributed by atoms with Crippen molar-refractivity contribution in [3.8, 4) is 0 Å². The fourth-order valence-corrected chi connectivity index (χ4v) is 2.39. The fourth-order valence-electron chi connectivity index (χ4n) is 1.52. The van der Waals surface area contributed by atoms with Gasteiger partial charge in [-0.2, -0.15) is 4.98 Å². The highest BCUT2D eigenvalue weighted by Gasteiger charge is 2.28. The number of nitrogens with one attached hydrogen (secondary N) is 1. The molecule has 0 aliphatic heterocycles. The number of rotatable bonds is 7. The summed E-state index contributed by atoms with van der Waals surface area (Å²) >= 11 is 1.34. The molecule has 8 heteroatoms. The van der Waals surface area contributed by atoms with Crippen LogP contribution < -0.4 is 5.32 Å². The zero-order chi connectivity index (χ0) is 13.8. The largest absolute Gasteiger partial charge is 0.480 e. The third kappa shape index (κ3) is 4.23. The minimum absolute atomic E-state index is 0.260. The monoisotopic (exact) mass is 285 g/mol. The van der Waals surface area contributed by atoms with E-state index in [9.17, 15) is 9.59 Å². The van der Waals surface area contributed by atoms with E-state index in [1.165, 1.54) is 18.7 Å². The summed E-state index contributed by atoms with van der Waals surface area (Å²) in [5, 5.41) is 15.2. The fraction of sp³-hybridized carbons (Fsp3) is 0.636. The predicted molar refractivity (Wildman–Crippen MR) is 67.7 cm³/mol. The van der Waals surface area contributed by atoms with Crippen molar-refractivity contribution in [2.75, 3.05) is 5.75 Å². The zero-order valence-electron chi connectivity index (χ0n) is 10.5. The Morgan fingerprint density at radius 3 is 2.89 bits per heavy atom. The van der Waals surface area contributed by atoms with E-state index < -0.39 is 12.0 Å². The smallest absolute Gasteiger partial charge is 0.327 e. The SMILES string of the molecule is CC(=O)N[C@@H](CSCc1nc(C2CC2)no1)C(=O)O. The summed E-state index contributed by atoms with van der Waals surface area (Å²) in [7, 11) is 0. The number of carboxylic acid groups (broad SMARTS) is 1. The Bertz CT molecular complexity index is 472. The molecule has 1 amide bonds. The van der Waals surface area contributed by atoms with Gasteiger partial charge in [0.2, 0.25) is 11.8 Å². The number of carbonyl (C=O) groups excluding carboxylic acids is 1. The topological polar surface area (TPSA) is 105 Å². The molecule has 1 aliphatic carbocycles. The van der Waals surface area contributed by atoms with Crippen LogP contribution >= 0.6 is 11.8 Å². The second kappa shape index (κ2) is 6.05. The molecule has 1 aliphatic rings. The van der Waals surface area contributed by atoms with Gasteiger partial charge in [-0.15, -0.1) is 11.8 Å². The molecule has 0 aromatic carbocycles. The summed E-state index contributed by atoms with van der Waals surface area (Å²) in [6.07, 6.45) is 2.21. The maximum absolute atomic E-state index is 10.9. The number of nitrogens with zero attached hydrogens (tertiary/aromatic N) is 2. The van der Waals surface area contributed by atoms with Gasteiger partial charge in [0.25, 0.3) is 0 Å². The molecule has 1 saturated carbocycles. The van der Waals surface area contributed by atoms with Crippen molar-refractivity contribution >= 4 is 23.6 Å². The first-order valence-electron chi connectivity index (χ1n) is 5.96. The van der Waals surface area contributed by atoms with Crippen LogP contribution in [0.3, 0.4) is 0 Å². The summed E-state index contributed by atoms with van der Waals surface area (Å²) < 4.78 is 5.07. The van der Waals surface area contributed by atoms with Crippen molar-refractivity contribution < 1.29 is 19.2 Å². The first-order valence-corrected chi connectivity index (χ1v) is 7.12. The number of hydrogen-bond donors (Lipinski definition) is 2. The molecule has 2 rings (SSSR count). The van der Waals surface area contributed by atoms with Crippen molar-refractivity contribution in [3.05, 3.63) is 11.7 Å². The van der Waals surface area contributed by atoms with E-state index in [1.807, 2.05) is 0 Å². The van der Waals surface area contributed by atoms with E-state index in [-0.39, 0.29) is 11.7 Å². The summed E-state index contributed by atoms with van der Waals surface area (Å²) in [4.78, 5) is 26.0. The number of amides is 1. The van der Waals surface area contributed by atoms with Crippen LogP contribution in [-0.2, 0) is 15.3 Å². The molecule has 0 spiro atoms. The highest BCUT2D eigenvalue weighted by atomic mass is 32.2. The molecule has 0 unspecified atom stereocenters. The molecule has 1 fully saturated rings. The lowest BCUT2D eigenvalue weighted by atomic mass is 10.3. The van der Waals surface area contributed by atoms with E-state index in [1.54, 1.807) is 0 Å². The Morgan fingerprint density at radius 2 is 2.32 bits per heavy atom. The Morgan fingerprint density at radius 1 is 1.58 bits per heavy atom. The van der Waals surface area contributed by atoms with Crippen molar-refractivity contribution in [2.24, 2.45) is 0 Å². The van der Waals surface area contributed by atoms with E-state index in [0.717, 1.165) is 18.7 Å². The molecule has 2 N–H and O–H groups in total. The lowest BCUT2D eigenvalue weighted by molar-refractivity contribution is -0.140. The molecule has 1 aromatic rings. The molecule has 104 valence electrons. The number of thioether (sulfide) groups is 1. The Balaban J connectivity index is 1.77. The van der Waals surface area contributed by atoms with Crippen LogP contribution in [0.1, 0.15) is 37.4 Å². The number of carbonyl (C=O) groups is 2. The maximum Gasteiger partial charge on any atom is 0.327 e. The third-order valence-electron chi connectivity index (χ3n) is 2.61. The highest BCUT2D eigenvalue weighted by molar-refractivity contribution is 7.98. The van der Waals surface area contributed by atoms with Gasteiger partial charge < -0.3 is 14.9 Å². The average molecular weight is 285 g/mol. The first-order chi connectivity index (χ1) is 9.06. The summed E-state index contributed by atoms with van der Waals surface area (Å²) in [5.41, 5.74) is 0. The molecule has 1 heterocycles. The Kier molecular flexibility index (Phi) is 4.41. The van der Waals surface area contributed by atoms with E-state index in [0.29, 0.717) is 17.6 Å². The third-order valence-corrected chi connectivity index (χ3v) is 3.63. The Labute approximate surface area is 114 Å². The number of carboxylic acids is 1. The molecular weight excluding hydrogens is 270 g/mol. The van der Waals surface area contributed by atoms with E-state index in [4.69, 9.17) is 9.63 Å². The molecule has 1 aromatic heterocycles. The van der Waals surface area contributed by atoms with Gasteiger partial charge in [-0.3, -0.25) is 4.79 Å². The van der Waals surface area contributed by atoms with E-state index >= 15 is 0 Å². The molecule has 7 nitrogen and oxygen atoms in total. The second-order valence-electron chi connectivity index (χ2n) is 4.43. The molecule has 19 heavy (non-hydrogen) atoms. The summed E-state index contributed by atoms with van der Waals surface area (Å²) in [6.45, 7) is 1.29. The van der Waals surface area contributed by atoms with Crippen LogP contribution in [-0.4, -0.2) is 38.9 Å². The van der Waals surface area contributed by atoms with Gasteiger partial charge in [-0.25, -0.2) is 4.79 Å². The van der Waals surface area contributed by atoms with Gasteiger partial charge in [-0.05, 0) is 12.8 Å². The normalized spacial score (nSPS) is 16.1. The van der Waals surface area contributed by atoms with Crippen LogP contribution in [0.2, 0.25) is 0 Å². The van der Waals surface area contributed by atoms with Crippen LogP contribution in [0.25, 0.3) is 0 Å². The molecular formula is C11H15N3O4S. The minimum atomic E-state index is -1.05. The summed E-state index contributed by atoms with van der Waals surface area (Å²) in [6, 6.07) is -0.895. The van der Waals surface area contributed by atoms with Gasteiger partial charge in [-0.1, -0.05) is 5.16 Å². The standard InChI is InChI=1S/C11H15N3O4S/c1-6(15)12-8(11(16)17)4-19-5-9-13-10(14-18-9)7-2-3-7/h7-8H,2-5H2,1H3,(H,12,15)(H,16,17)/t8-/m0/s1. The van der Waals surface area contributed by atoms with Gasteiger partial charge in [0.1, 0.15) is 6.04 Å². The maximum atomic E-state index is 10.9.